The highest BCUT2D eigenvalue weighted by Gasteiger charge is 2.30. The first-order valence-electron chi connectivity index (χ1n) is 4.83. The van der Waals surface area contributed by atoms with E-state index in [0.717, 1.165) is 0 Å². The second-order valence-corrected chi connectivity index (χ2v) is 3.72. The van der Waals surface area contributed by atoms with Crippen molar-refractivity contribution in [3.05, 3.63) is 5.82 Å². The van der Waals surface area contributed by atoms with E-state index < -0.39 is 5.41 Å². The van der Waals surface area contributed by atoms with Gasteiger partial charge in [0.15, 0.2) is 5.82 Å². The Morgan fingerprint density at radius 3 is 2.73 bits per heavy atom. The lowest BCUT2D eigenvalue weighted by Gasteiger charge is -2.23. The number of hydrogen-bond donors (Lipinski definition) is 2. The van der Waals surface area contributed by atoms with Gasteiger partial charge < -0.3 is 10.3 Å². The molecule has 3 N–H and O–H groups in total. The molecule has 0 spiro atoms. The molecule has 15 heavy (non-hydrogen) atoms. The lowest BCUT2D eigenvalue weighted by molar-refractivity contribution is -0.124. The highest BCUT2D eigenvalue weighted by Crippen LogP contribution is 2.21. The SMILES string of the molecule is CCC(C)(CN)C(=O)Nc1nc(C)no1. The number of carbonyl (C=O) groups excluding carboxylic acids is 1. The van der Waals surface area contributed by atoms with E-state index in [4.69, 9.17) is 10.3 Å². The van der Waals surface area contributed by atoms with Gasteiger partial charge in [0, 0.05) is 6.54 Å². The third-order valence-electron chi connectivity index (χ3n) is 2.53. The molecule has 6 nitrogen and oxygen atoms in total. The van der Waals surface area contributed by atoms with Gasteiger partial charge in [-0.05, 0) is 20.3 Å². The molecule has 1 aromatic rings. The summed E-state index contributed by atoms with van der Waals surface area (Å²) in [5, 5.41) is 6.12. The maximum Gasteiger partial charge on any atom is 0.328 e. The van der Waals surface area contributed by atoms with E-state index in [0.29, 0.717) is 12.2 Å². The molecule has 84 valence electrons. The van der Waals surface area contributed by atoms with Crippen molar-refractivity contribution in [3.63, 3.8) is 0 Å². The fraction of sp³-hybridized carbons (Fsp3) is 0.667. The number of amides is 1. The normalized spacial score (nSPS) is 14.7. The Morgan fingerprint density at radius 1 is 1.67 bits per heavy atom. The summed E-state index contributed by atoms with van der Waals surface area (Å²) in [5.74, 6) is 0.285. The Bertz CT molecular complexity index is 344. The second kappa shape index (κ2) is 4.39. The van der Waals surface area contributed by atoms with Crippen LogP contribution in [0.2, 0.25) is 0 Å². The Labute approximate surface area is 88.2 Å². The molecule has 1 rings (SSSR count). The molecular weight excluding hydrogens is 196 g/mol. The minimum absolute atomic E-state index is 0.116. The number of aromatic nitrogens is 2. The molecule has 1 aromatic heterocycles. The number of anilines is 1. The highest BCUT2D eigenvalue weighted by molar-refractivity contribution is 5.93. The van der Waals surface area contributed by atoms with Crippen LogP contribution in [0.15, 0.2) is 4.52 Å². The van der Waals surface area contributed by atoms with Crippen LogP contribution in [0.4, 0.5) is 6.01 Å². The number of hydrogen-bond acceptors (Lipinski definition) is 5. The standard InChI is InChI=1S/C9H16N4O2/c1-4-9(3,5-10)7(14)12-8-11-6(2)13-15-8/h4-5,10H2,1-3H3,(H,11,12,13,14). The molecule has 6 heteroatoms. The average Bonchev–Trinajstić information content (AvgIpc) is 2.62. The molecule has 0 fully saturated rings. The highest BCUT2D eigenvalue weighted by atomic mass is 16.5. The maximum absolute atomic E-state index is 11.8. The number of nitrogens with two attached hydrogens (primary N) is 1. The Hall–Kier alpha value is -1.43. The van der Waals surface area contributed by atoms with E-state index in [1.807, 2.05) is 6.92 Å². The summed E-state index contributed by atoms with van der Waals surface area (Å²) in [6, 6.07) is 0.116. The lowest BCUT2D eigenvalue weighted by atomic mass is 9.87. The van der Waals surface area contributed by atoms with E-state index in [1.54, 1.807) is 13.8 Å². The molecule has 1 atom stereocenters. The van der Waals surface area contributed by atoms with Gasteiger partial charge in [0.05, 0.1) is 5.41 Å². The topological polar surface area (TPSA) is 94.0 Å². The minimum Gasteiger partial charge on any atom is -0.329 e. The van der Waals surface area contributed by atoms with Crippen molar-refractivity contribution in [2.75, 3.05) is 11.9 Å². The van der Waals surface area contributed by atoms with Crippen LogP contribution in [0.1, 0.15) is 26.1 Å². The molecule has 1 unspecified atom stereocenters. The average molecular weight is 212 g/mol. The van der Waals surface area contributed by atoms with Crippen molar-refractivity contribution in [1.29, 1.82) is 0 Å². The Morgan fingerprint density at radius 2 is 2.33 bits per heavy atom. The van der Waals surface area contributed by atoms with E-state index in [1.165, 1.54) is 0 Å². The Balaban J connectivity index is 2.70. The summed E-state index contributed by atoms with van der Waals surface area (Å²) in [4.78, 5) is 15.7. The number of nitrogens with zero attached hydrogens (tertiary/aromatic N) is 2. The summed E-state index contributed by atoms with van der Waals surface area (Å²) in [5.41, 5.74) is 4.95. The van der Waals surface area contributed by atoms with Gasteiger partial charge >= 0.3 is 6.01 Å². The molecular formula is C9H16N4O2. The summed E-state index contributed by atoms with van der Waals surface area (Å²) >= 11 is 0. The molecule has 0 aliphatic carbocycles. The van der Waals surface area contributed by atoms with Crippen LogP contribution < -0.4 is 11.1 Å². The fourth-order valence-electron chi connectivity index (χ4n) is 0.993. The number of nitrogens with one attached hydrogen (secondary N) is 1. The summed E-state index contributed by atoms with van der Waals surface area (Å²) in [6.45, 7) is 5.67. The zero-order valence-electron chi connectivity index (χ0n) is 9.20. The molecule has 0 radical (unpaired) electrons. The van der Waals surface area contributed by atoms with E-state index in [9.17, 15) is 4.79 Å². The third-order valence-corrected chi connectivity index (χ3v) is 2.53. The minimum atomic E-state index is -0.595. The molecule has 0 bridgehead atoms. The van der Waals surface area contributed by atoms with Gasteiger partial charge in [-0.2, -0.15) is 4.98 Å². The van der Waals surface area contributed by atoms with Crippen LogP contribution in [0.25, 0.3) is 0 Å². The van der Waals surface area contributed by atoms with E-state index in [-0.39, 0.29) is 18.5 Å². The monoisotopic (exact) mass is 212 g/mol. The van der Waals surface area contributed by atoms with Gasteiger partial charge in [0.2, 0.25) is 5.91 Å². The number of rotatable bonds is 4. The Kier molecular flexibility index (Phi) is 3.41. The maximum atomic E-state index is 11.8. The predicted octanol–water partition coefficient (Wildman–Crippen LogP) is 0.692. The van der Waals surface area contributed by atoms with Crippen LogP contribution in [-0.2, 0) is 4.79 Å². The summed E-state index contributed by atoms with van der Waals surface area (Å²) in [6.07, 6.45) is 0.655. The first kappa shape index (κ1) is 11.6. The third kappa shape index (κ3) is 2.53. The van der Waals surface area contributed by atoms with E-state index in [2.05, 4.69) is 15.5 Å². The molecule has 1 heterocycles. The zero-order valence-corrected chi connectivity index (χ0v) is 9.20. The first-order valence-corrected chi connectivity index (χ1v) is 4.83. The summed E-state index contributed by atoms with van der Waals surface area (Å²) < 4.78 is 4.79. The van der Waals surface area contributed by atoms with E-state index >= 15 is 0 Å². The van der Waals surface area contributed by atoms with Crippen molar-refractivity contribution in [3.8, 4) is 0 Å². The van der Waals surface area contributed by atoms with Crippen LogP contribution in [0.5, 0.6) is 0 Å². The molecule has 0 aliphatic rings. The molecule has 0 aromatic carbocycles. The second-order valence-electron chi connectivity index (χ2n) is 3.72. The lowest BCUT2D eigenvalue weighted by Crippen LogP contribution is -2.39. The van der Waals surface area contributed by atoms with Gasteiger partial charge in [-0.25, -0.2) is 0 Å². The fourth-order valence-corrected chi connectivity index (χ4v) is 0.993. The summed E-state index contributed by atoms with van der Waals surface area (Å²) in [7, 11) is 0. The van der Waals surface area contributed by atoms with Gasteiger partial charge in [0.25, 0.3) is 0 Å². The van der Waals surface area contributed by atoms with Crippen molar-refractivity contribution in [1.82, 2.24) is 10.1 Å². The zero-order chi connectivity index (χ0) is 11.5. The van der Waals surface area contributed by atoms with Crippen LogP contribution in [0, 0.1) is 12.3 Å². The smallest absolute Gasteiger partial charge is 0.328 e. The molecule has 0 aliphatic heterocycles. The largest absolute Gasteiger partial charge is 0.329 e. The molecule has 0 saturated carbocycles. The number of carbonyl (C=O) groups is 1. The van der Waals surface area contributed by atoms with Crippen molar-refractivity contribution >= 4 is 11.9 Å². The van der Waals surface area contributed by atoms with Gasteiger partial charge in [-0.3, -0.25) is 10.1 Å². The number of aryl methyl sites for hydroxylation is 1. The molecule has 1 amide bonds. The van der Waals surface area contributed by atoms with Crippen LogP contribution >= 0.6 is 0 Å². The molecule has 0 saturated heterocycles. The van der Waals surface area contributed by atoms with Gasteiger partial charge in [-0.1, -0.05) is 12.1 Å². The van der Waals surface area contributed by atoms with Crippen molar-refractivity contribution in [2.45, 2.75) is 27.2 Å². The van der Waals surface area contributed by atoms with Crippen LogP contribution in [0.3, 0.4) is 0 Å². The van der Waals surface area contributed by atoms with Gasteiger partial charge in [0.1, 0.15) is 0 Å². The first-order chi connectivity index (χ1) is 7.01. The van der Waals surface area contributed by atoms with Gasteiger partial charge in [-0.15, -0.1) is 0 Å². The van der Waals surface area contributed by atoms with Crippen molar-refractivity contribution < 1.29 is 9.32 Å². The predicted molar refractivity (Wildman–Crippen MR) is 55.1 cm³/mol. The van der Waals surface area contributed by atoms with Crippen molar-refractivity contribution in [2.24, 2.45) is 11.1 Å². The quantitative estimate of drug-likeness (QED) is 0.765. The van der Waals surface area contributed by atoms with Crippen LogP contribution in [-0.4, -0.2) is 22.6 Å².